The van der Waals surface area contributed by atoms with Crippen LogP contribution < -0.4 is 0 Å². The van der Waals surface area contributed by atoms with Gasteiger partial charge in [0.05, 0.1) is 0 Å². The molecule has 0 spiro atoms. The lowest BCUT2D eigenvalue weighted by Gasteiger charge is -2.31. The van der Waals surface area contributed by atoms with Gasteiger partial charge in [0.2, 0.25) is 0 Å². The van der Waals surface area contributed by atoms with Crippen molar-refractivity contribution < 1.29 is 9.53 Å². The maximum absolute atomic E-state index is 12.5. The van der Waals surface area contributed by atoms with Crippen molar-refractivity contribution in [2.24, 2.45) is 5.41 Å². The van der Waals surface area contributed by atoms with Crippen LogP contribution in [0.5, 0.6) is 0 Å². The lowest BCUT2D eigenvalue weighted by atomic mass is 9.76. The summed E-state index contributed by atoms with van der Waals surface area (Å²) in [6.07, 6.45) is 1.50. The molecular weight excluding hydrogens is 296 g/mol. The number of Topliss-reactive ketones (excluding diaryl/α,β-unsaturated/α-hetero) is 1. The molecule has 0 fully saturated rings. The topological polar surface area (TPSA) is 26.3 Å². The molecule has 2 heteroatoms. The van der Waals surface area contributed by atoms with Gasteiger partial charge in [0.1, 0.15) is 6.61 Å². The van der Waals surface area contributed by atoms with Gasteiger partial charge in [0.15, 0.2) is 11.5 Å². The van der Waals surface area contributed by atoms with E-state index in [4.69, 9.17) is 4.74 Å². The molecule has 1 aliphatic carbocycles. The number of carbonyl (C=O) groups is 1. The van der Waals surface area contributed by atoms with E-state index < -0.39 is 0 Å². The smallest absolute Gasteiger partial charge is 0.197 e. The SMILES string of the molecule is CC1=C(OCc2c(C(C)C)cccc2C(C)C)C(=O)CC(C)(C)C1. The predicted octanol–water partition coefficient (Wildman–Crippen LogP) is 6.11. The van der Waals surface area contributed by atoms with Gasteiger partial charge in [-0.3, -0.25) is 4.79 Å². The molecule has 2 nitrogen and oxygen atoms in total. The third-order valence-corrected chi connectivity index (χ3v) is 4.88. The standard InChI is InChI=1S/C22H32O2/c1-14(2)17-9-8-10-18(15(3)4)19(17)13-24-21-16(5)11-22(6,7)12-20(21)23/h8-10,14-15H,11-13H2,1-7H3. The van der Waals surface area contributed by atoms with Crippen LogP contribution in [0, 0.1) is 5.41 Å². The first-order chi connectivity index (χ1) is 11.1. The summed E-state index contributed by atoms with van der Waals surface area (Å²) < 4.78 is 6.10. The van der Waals surface area contributed by atoms with Crippen molar-refractivity contribution in [2.75, 3.05) is 0 Å². The number of benzene rings is 1. The summed E-state index contributed by atoms with van der Waals surface area (Å²) in [5.74, 6) is 1.64. The lowest BCUT2D eigenvalue weighted by Crippen LogP contribution is -2.26. The Labute approximate surface area is 147 Å². The second-order valence-corrected chi connectivity index (χ2v) is 8.56. The zero-order chi connectivity index (χ0) is 18.1. The van der Waals surface area contributed by atoms with Crippen molar-refractivity contribution in [3.8, 4) is 0 Å². The predicted molar refractivity (Wildman–Crippen MR) is 100 cm³/mol. The number of allylic oxidation sites excluding steroid dienone is 2. The van der Waals surface area contributed by atoms with Gasteiger partial charge in [0.25, 0.3) is 0 Å². The number of ketones is 1. The highest BCUT2D eigenvalue weighted by molar-refractivity contribution is 5.95. The summed E-state index contributed by atoms with van der Waals surface area (Å²) >= 11 is 0. The average molecular weight is 328 g/mol. The van der Waals surface area contributed by atoms with Crippen LogP contribution in [0.1, 0.15) is 89.8 Å². The van der Waals surface area contributed by atoms with Gasteiger partial charge >= 0.3 is 0 Å². The number of hydrogen-bond acceptors (Lipinski definition) is 2. The molecule has 0 saturated carbocycles. The van der Waals surface area contributed by atoms with Gasteiger partial charge < -0.3 is 4.74 Å². The maximum Gasteiger partial charge on any atom is 0.197 e. The highest BCUT2D eigenvalue weighted by Gasteiger charge is 2.32. The molecule has 0 atom stereocenters. The number of carbonyl (C=O) groups excluding carboxylic acids is 1. The van der Waals surface area contributed by atoms with E-state index >= 15 is 0 Å². The molecule has 0 aromatic heterocycles. The lowest BCUT2D eigenvalue weighted by molar-refractivity contribution is -0.122. The monoisotopic (exact) mass is 328 g/mol. The molecule has 1 aromatic rings. The zero-order valence-corrected chi connectivity index (χ0v) is 16.3. The van der Waals surface area contributed by atoms with E-state index in [2.05, 4.69) is 59.7 Å². The number of ether oxygens (including phenoxy) is 1. The van der Waals surface area contributed by atoms with E-state index in [1.807, 2.05) is 6.92 Å². The minimum Gasteiger partial charge on any atom is -0.485 e. The van der Waals surface area contributed by atoms with Crippen molar-refractivity contribution in [3.63, 3.8) is 0 Å². The summed E-state index contributed by atoms with van der Waals surface area (Å²) in [6.45, 7) is 15.7. The zero-order valence-electron chi connectivity index (χ0n) is 16.3. The molecule has 0 amide bonds. The van der Waals surface area contributed by atoms with Crippen LogP contribution >= 0.6 is 0 Å². The fraction of sp³-hybridized carbons (Fsp3) is 0.591. The van der Waals surface area contributed by atoms with Crippen molar-refractivity contribution in [1.82, 2.24) is 0 Å². The first-order valence-electron chi connectivity index (χ1n) is 9.10. The molecule has 0 radical (unpaired) electrons. The quantitative estimate of drug-likeness (QED) is 0.651. The van der Waals surface area contributed by atoms with E-state index in [1.165, 1.54) is 16.7 Å². The maximum atomic E-state index is 12.5. The molecule has 0 unspecified atom stereocenters. The van der Waals surface area contributed by atoms with Crippen LogP contribution in [-0.4, -0.2) is 5.78 Å². The normalized spacial score (nSPS) is 17.8. The van der Waals surface area contributed by atoms with Crippen LogP contribution in [0.15, 0.2) is 29.5 Å². The van der Waals surface area contributed by atoms with E-state index in [0.29, 0.717) is 30.6 Å². The molecule has 24 heavy (non-hydrogen) atoms. The average Bonchev–Trinajstić information content (AvgIpc) is 2.44. The molecule has 0 aliphatic heterocycles. The van der Waals surface area contributed by atoms with Gasteiger partial charge in [-0.2, -0.15) is 0 Å². The van der Waals surface area contributed by atoms with Gasteiger partial charge in [-0.1, -0.05) is 59.7 Å². The van der Waals surface area contributed by atoms with Gasteiger partial charge in [-0.25, -0.2) is 0 Å². The number of hydrogen-bond donors (Lipinski definition) is 0. The number of rotatable bonds is 5. The minimum absolute atomic E-state index is 0.0486. The van der Waals surface area contributed by atoms with Gasteiger partial charge in [0, 0.05) is 6.42 Å². The van der Waals surface area contributed by atoms with Crippen molar-refractivity contribution in [1.29, 1.82) is 0 Å². The summed E-state index contributed by atoms with van der Waals surface area (Å²) in [6, 6.07) is 6.50. The highest BCUT2D eigenvalue weighted by Crippen LogP contribution is 2.37. The van der Waals surface area contributed by atoms with E-state index in [1.54, 1.807) is 0 Å². The second-order valence-electron chi connectivity index (χ2n) is 8.56. The minimum atomic E-state index is 0.0486. The molecule has 0 saturated heterocycles. The Kier molecular flexibility index (Phi) is 5.57. The highest BCUT2D eigenvalue weighted by atomic mass is 16.5. The van der Waals surface area contributed by atoms with Crippen LogP contribution in [0.4, 0.5) is 0 Å². The third kappa shape index (κ3) is 4.09. The van der Waals surface area contributed by atoms with E-state index in [9.17, 15) is 4.79 Å². The molecule has 2 rings (SSSR count). The summed E-state index contributed by atoms with van der Waals surface area (Å²) in [5.41, 5.74) is 5.03. The van der Waals surface area contributed by atoms with Crippen LogP contribution in [0.2, 0.25) is 0 Å². The van der Waals surface area contributed by atoms with E-state index in [0.717, 1.165) is 12.0 Å². The largest absolute Gasteiger partial charge is 0.485 e. The Morgan fingerprint density at radius 1 is 1.04 bits per heavy atom. The van der Waals surface area contributed by atoms with Crippen LogP contribution in [0.3, 0.4) is 0 Å². The van der Waals surface area contributed by atoms with Crippen molar-refractivity contribution in [2.45, 2.75) is 79.8 Å². The van der Waals surface area contributed by atoms with Crippen molar-refractivity contribution in [3.05, 3.63) is 46.2 Å². The summed E-state index contributed by atoms with van der Waals surface area (Å²) in [4.78, 5) is 12.5. The summed E-state index contributed by atoms with van der Waals surface area (Å²) in [5, 5.41) is 0. The molecule has 0 N–H and O–H groups in total. The van der Waals surface area contributed by atoms with E-state index in [-0.39, 0.29) is 11.2 Å². The fourth-order valence-corrected chi connectivity index (χ4v) is 3.83. The Bertz CT molecular complexity index is 622. The molecule has 1 aliphatic rings. The van der Waals surface area contributed by atoms with Crippen LogP contribution in [-0.2, 0) is 16.1 Å². The summed E-state index contributed by atoms with van der Waals surface area (Å²) in [7, 11) is 0. The first kappa shape index (κ1) is 18.8. The van der Waals surface area contributed by atoms with Crippen molar-refractivity contribution >= 4 is 5.78 Å². The Morgan fingerprint density at radius 2 is 1.58 bits per heavy atom. The molecule has 1 aromatic carbocycles. The fourth-order valence-electron chi connectivity index (χ4n) is 3.83. The molecule has 132 valence electrons. The Morgan fingerprint density at radius 3 is 2.04 bits per heavy atom. The molecule has 0 heterocycles. The molecule has 0 bridgehead atoms. The Hall–Kier alpha value is -1.57. The van der Waals surface area contributed by atoms with Gasteiger partial charge in [-0.15, -0.1) is 0 Å². The third-order valence-electron chi connectivity index (χ3n) is 4.88. The Balaban J connectivity index is 2.31. The first-order valence-corrected chi connectivity index (χ1v) is 9.10. The molecular formula is C22H32O2. The van der Waals surface area contributed by atoms with Crippen LogP contribution in [0.25, 0.3) is 0 Å². The van der Waals surface area contributed by atoms with Gasteiger partial charge in [-0.05, 0) is 52.9 Å². The second kappa shape index (κ2) is 7.13.